The fourth-order valence-electron chi connectivity index (χ4n) is 3.54. The smallest absolute Gasteiger partial charge is 0.255 e. The highest BCUT2D eigenvalue weighted by molar-refractivity contribution is 5.99. The van der Waals surface area contributed by atoms with Gasteiger partial charge in [0.05, 0.1) is 14.2 Å². The zero-order chi connectivity index (χ0) is 23.1. The van der Waals surface area contributed by atoms with Crippen LogP contribution in [0.3, 0.4) is 0 Å². The molecule has 1 aromatic carbocycles. The van der Waals surface area contributed by atoms with Crippen molar-refractivity contribution in [2.24, 2.45) is 5.73 Å². The van der Waals surface area contributed by atoms with Crippen molar-refractivity contribution in [1.82, 2.24) is 14.9 Å². The van der Waals surface area contributed by atoms with Gasteiger partial charge in [0.2, 0.25) is 5.95 Å². The van der Waals surface area contributed by atoms with Crippen molar-refractivity contribution >= 4 is 17.7 Å². The van der Waals surface area contributed by atoms with Gasteiger partial charge in [0.1, 0.15) is 28.6 Å². The van der Waals surface area contributed by atoms with Crippen molar-refractivity contribution in [2.45, 2.75) is 25.8 Å². The highest BCUT2D eigenvalue weighted by Gasteiger charge is 2.21. The fraction of sp³-hybridized carbons (Fsp3) is 0.348. The minimum Gasteiger partial charge on any atom is -0.497 e. The second-order valence-electron chi connectivity index (χ2n) is 7.33. The van der Waals surface area contributed by atoms with Gasteiger partial charge in [-0.2, -0.15) is 4.98 Å². The molecule has 1 aliphatic rings. The van der Waals surface area contributed by atoms with E-state index in [2.05, 4.69) is 38.2 Å². The average molecular weight is 437 g/mol. The maximum absolute atomic E-state index is 12.0. The molecule has 9 nitrogen and oxygen atoms in total. The Kier molecular flexibility index (Phi) is 7.39. The topological polar surface area (TPSA) is 129 Å². The van der Waals surface area contributed by atoms with Gasteiger partial charge in [0.15, 0.2) is 0 Å². The minimum absolute atomic E-state index is 0.00269. The molecule has 168 valence electrons. The molecule has 0 radical (unpaired) electrons. The Hall–Kier alpha value is -3.93. The Labute approximate surface area is 187 Å². The summed E-state index contributed by atoms with van der Waals surface area (Å²) in [6.45, 7) is 3.81. The number of benzene rings is 1. The number of amides is 1. The third-order valence-electron chi connectivity index (χ3n) is 5.01. The molecule has 0 saturated carbocycles. The van der Waals surface area contributed by atoms with Gasteiger partial charge >= 0.3 is 0 Å². The third-order valence-corrected chi connectivity index (χ3v) is 5.01. The first-order chi connectivity index (χ1) is 15.4. The van der Waals surface area contributed by atoms with Gasteiger partial charge in [-0.05, 0) is 44.0 Å². The molecule has 1 aromatic heterocycles. The lowest BCUT2D eigenvalue weighted by molar-refractivity contribution is 0.100. The number of piperidine rings is 1. The molecule has 9 heteroatoms. The highest BCUT2D eigenvalue weighted by Crippen LogP contribution is 2.22. The summed E-state index contributed by atoms with van der Waals surface area (Å²) in [4.78, 5) is 22.9. The second kappa shape index (κ2) is 10.4. The Morgan fingerprint density at radius 1 is 1.22 bits per heavy atom. The number of hydrogen-bond donors (Lipinski definition) is 3. The van der Waals surface area contributed by atoms with Crippen LogP contribution < -0.4 is 26.3 Å². The molecular weight excluding hydrogens is 408 g/mol. The largest absolute Gasteiger partial charge is 0.497 e. The number of anilines is 2. The van der Waals surface area contributed by atoms with Crippen molar-refractivity contribution in [1.29, 1.82) is 0 Å². The van der Waals surface area contributed by atoms with E-state index in [0.717, 1.165) is 25.9 Å². The number of rotatable bonds is 6. The van der Waals surface area contributed by atoms with E-state index in [1.807, 2.05) is 13.0 Å². The number of aromatic nitrogens is 2. The number of methoxy groups -OCH3 is 2. The molecule has 1 atom stereocenters. The zero-order valence-corrected chi connectivity index (χ0v) is 18.5. The van der Waals surface area contributed by atoms with Crippen molar-refractivity contribution in [3.8, 4) is 23.3 Å². The van der Waals surface area contributed by atoms with Crippen molar-refractivity contribution in [3.05, 3.63) is 47.3 Å². The van der Waals surface area contributed by atoms with Gasteiger partial charge in [-0.3, -0.25) is 4.79 Å². The number of hydrogen-bond acceptors (Lipinski definition) is 8. The molecule has 32 heavy (non-hydrogen) atoms. The van der Waals surface area contributed by atoms with Crippen molar-refractivity contribution < 1.29 is 14.3 Å². The number of carbonyl (C=O) groups excluding carboxylic acids is 1. The molecule has 3 rings (SSSR count). The average Bonchev–Trinajstić information content (AvgIpc) is 2.77. The van der Waals surface area contributed by atoms with Crippen LogP contribution in [0.25, 0.3) is 0 Å². The van der Waals surface area contributed by atoms with Gasteiger partial charge < -0.3 is 31.2 Å². The molecule has 0 spiro atoms. The number of carbonyl (C=O) groups is 1. The lowest BCUT2D eigenvalue weighted by atomic mass is 10.1. The van der Waals surface area contributed by atoms with Crippen LogP contribution in [0.1, 0.15) is 41.4 Å². The number of primary amides is 1. The van der Waals surface area contributed by atoms with Crippen LogP contribution >= 0.6 is 0 Å². The summed E-state index contributed by atoms with van der Waals surface area (Å²) in [6, 6.07) is 5.38. The lowest BCUT2D eigenvalue weighted by Gasteiger charge is -2.32. The summed E-state index contributed by atoms with van der Waals surface area (Å²) in [7, 11) is 3.12. The van der Waals surface area contributed by atoms with Crippen molar-refractivity contribution in [2.75, 3.05) is 38.4 Å². The van der Waals surface area contributed by atoms with Crippen LogP contribution in [0.5, 0.6) is 11.5 Å². The number of nitrogens with two attached hydrogens (primary N) is 2. The van der Waals surface area contributed by atoms with Crippen LogP contribution in [0.4, 0.5) is 11.8 Å². The quantitative estimate of drug-likeness (QED) is 0.587. The van der Waals surface area contributed by atoms with Gasteiger partial charge in [-0.15, -0.1) is 0 Å². The van der Waals surface area contributed by atoms with E-state index in [1.54, 1.807) is 32.4 Å². The monoisotopic (exact) mass is 436 g/mol. The first-order valence-corrected chi connectivity index (χ1v) is 10.3. The Morgan fingerprint density at radius 3 is 2.56 bits per heavy atom. The normalized spacial score (nSPS) is 15.7. The van der Waals surface area contributed by atoms with Crippen LogP contribution in [0.2, 0.25) is 0 Å². The molecule has 1 saturated heterocycles. The predicted molar refractivity (Wildman–Crippen MR) is 124 cm³/mol. The number of nitrogens with one attached hydrogen (secondary N) is 1. The SMILES string of the molecule is CC=CN1CCC[C@H](Nc2nc(N)c(C(N)=O)c(C#Cc3cc(OC)cc(OC)c3)n2)C1. The lowest BCUT2D eigenvalue weighted by Crippen LogP contribution is -2.39. The number of ether oxygens (including phenoxy) is 2. The predicted octanol–water partition coefficient (Wildman–Crippen LogP) is 1.98. The molecule has 5 N–H and O–H groups in total. The van der Waals surface area contributed by atoms with Gasteiger partial charge in [0, 0.05) is 30.8 Å². The maximum atomic E-state index is 12.0. The van der Waals surface area contributed by atoms with E-state index in [4.69, 9.17) is 20.9 Å². The van der Waals surface area contributed by atoms with E-state index in [0.29, 0.717) is 23.0 Å². The summed E-state index contributed by atoms with van der Waals surface area (Å²) >= 11 is 0. The van der Waals surface area contributed by atoms with Gasteiger partial charge in [-0.25, -0.2) is 4.98 Å². The Balaban J connectivity index is 1.93. The van der Waals surface area contributed by atoms with Crippen LogP contribution in [0.15, 0.2) is 30.5 Å². The van der Waals surface area contributed by atoms with Crippen LogP contribution in [-0.2, 0) is 0 Å². The van der Waals surface area contributed by atoms with Crippen LogP contribution in [0, 0.1) is 11.8 Å². The zero-order valence-electron chi connectivity index (χ0n) is 18.5. The molecular formula is C23H28N6O3. The number of nitrogen functional groups attached to an aromatic ring is 1. The first kappa shape index (κ1) is 22.7. The van der Waals surface area contributed by atoms with Crippen molar-refractivity contribution in [3.63, 3.8) is 0 Å². The molecule has 0 bridgehead atoms. The summed E-state index contributed by atoms with van der Waals surface area (Å²) in [5.41, 5.74) is 12.3. The Morgan fingerprint density at radius 2 is 1.94 bits per heavy atom. The molecule has 1 amide bonds. The van der Waals surface area contributed by atoms with E-state index < -0.39 is 5.91 Å². The minimum atomic E-state index is -0.738. The molecule has 1 fully saturated rings. The second-order valence-corrected chi connectivity index (χ2v) is 7.33. The fourth-order valence-corrected chi connectivity index (χ4v) is 3.54. The molecule has 0 unspecified atom stereocenters. The van der Waals surface area contributed by atoms with Gasteiger partial charge in [0.25, 0.3) is 5.91 Å². The van der Waals surface area contributed by atoms with Crippen LogP contribution in [-0.4, -0.2) is 54.1 Å². The Bertz CT molecular complexity index is 1050. The number of likely N-dealkylation sites (tertiary alicyclic amines) is 1. The summed E-state index contributed by atoms with van der Waals surface area (Å²) in [6.07, 6.45) is 6.10. The number of nitrogens with zero attached hydrogens (tertiary/aromatic N) is 3. The van der Waals surface area contributed by atoms with Gasteiger partial charge in [-0.1, -0.05) is 12.0 Å². The molecule has 2 aromatic rings. The highest BCUT2D eigenvalue weighted by atomic mass is 16.5. The van der Waals surface area contributed by atoms with E-state index >= 15 is 0 Å². The van der Waals surface area contributed by atoms with E-state index in [-0.39, 0.29) is 23.1 Å². The number of allylic oxidation sites excluding steroid dienone is 1. The first-order valence-electron chi connectivity index (χ1n) is 10.3. The summed E-state index contributed by atoms with van der Waals surface area (Å²) < 4.78 is 10.5. The molecule has 1 aliphatic heterocycles. The van der Waals surface area contributed by atoms with E-state index in [9.17, 15) is 4.79 Å². The maximum Gasteiger partial charge on any atom is 0.255 e. The summed E-state index contributed by atoms with van der Waals surface area (Å²) in [5, 5.41) is 3.31. The standard InChI is InChI=1S/C23H28N6O3/c1-4-9-29-10-5-6-16(14-29)26-23-27-19(20(22(25)30)21(24)28-23)8-7-15-11-17(31-2)13-18(12-15)32-3/h4,9,11-13,16H,5-6,10,14H2,1-3H3,(H2,25,30)(H3,24,26,27,28)/t16-/m0/s1. The third kappa shape index (κ3) is 5.60. The van der Waals surface area contributed by atoms with E-state index in [1.165, 1.54) is 0 Å². The molecule has 0 aliphatic carbocycles. The summed E-state index contributed by atoms with van der Waals surface area (Å²) in [5.74, 6) is 6.64. The molecule has 2 heterocycles.